The maximum Gasteiger partial charge on any atom is 0.305 e. The number of aliphatic hydroxyl groups excluding tert-OH is 2. The largest absolute Gasteiger partial charge is 0.463 e. The first kappa shape index (κ1) is 20.3. The number of carbonyl (C=O) groups is 1. The second kappa shape index (κ2) is 17.3. The Morgan fingerprint density at radius 2 is 1.24 bits per heavy atom. The Balaban J connectivity index is 3.09. The molecule has 0 aromatic carbocycles. The van der Waals surface area contributed by atoms with Crippen LogP contribution in [-0.4, -0.2) is 75.6 Å². The summed E-state index contributed by atoms with van der Waals surface area (Å²) in [4.78, 5) is 11.3. The van der Waals surface area contributed by atoms with Crippen LogP contribution in [0.2, 0.25) is 0 Å². The van der Waals surface area contributed by atoms with Crippen molar-refractivity contribution >= 4 is 5.97 Å². The van der Waals surface area contributed by atoms with Crippen LogP contribution in [0.1, 0.15) is 25.7 Å². The minimum atomic E-state index is -0.228. The van der Waals surface area contributed by atoms with Gasteiger partial charge in [0, 0.05) is 13.0 Å². The highest BCUT2D eigenvalue weighted by Gasteiger charge is 2.02. The molecule has 0 spiro atoms. The zero-order chi connectivity index (χ0) is 15.6. The van der Waals surface area contributed by atoms with Crippen LogP contribution >= 0.6 is 0 Å². The maximum absolute atomic E-state index is 11.3. The molecular formula is C14H28O7. The molecule has 0 aromatic rings. The van der Waals surface area contributed by atoms with Crippen molar-refractivity contribution in [2.75, 3.05) is 59.5 Å². The minimum Gasteiger partial charge on any atom is -0.463 e. The first-order chi connectivity index (χ1) is 10.3. The number of hydrogen-bond acceptors (Lipinski definition) is 7. The lowest BCUT2D eigenvalue weighted by Gasteiger charge is -2.07. The maximum atomic E-state index is 11.3. The van der Waals surface area contributed by atoms with Gasteiger partial charge in [-0.3, -0.25) is 4.79 Å². The van der Waals surface area contributed by atoms with E-state index < -0.39 is 0 Å². The molecule has 126 valence electrons. The van der Waals surface area contributed by atoms with Gasteiger partial charge in [0.15, 0.2) is 0 Å². The van der Waals surface area contributed by atoms with Gasteiger partial charge in [0.05, 0.1) is 46.2 Å². The van der Waals surface area contributed by atoms with E-state index in [1.54, 1.807) is 0 Å². The van der Waals surface area contributed by atoms with Crippen LogP contribution in [0.4, 0.5) is 0 Å². The fourth-order valence-corrected chi connectivity index (χ4v) is 1.45. The van der Waals surface area contributed by atoms with Crippen molar-refractivity contribution in [2.24, 2.45) is 0 Å². The normalized spacial score (nSPS) is 10.8. The third-order valence-corrected chi connectivity index (χ3v) is 2.51. The van der Waals surface area contributed by atoms with Gasteiger partial charge in [-0.15, -0.1) is 0 Å². The number of aliphatic hydroxyl groups is 2. The molecule has 0 aromatic heterocycles. The molecule has 0 saturated heterocycles. The van der Waals surface area contributed by atoms with Crippen molar-refractivity contribution in [3.63, 3.8) is 0 Å². The van der Waals surface area contributed by atoms with E-state index in [4.69, 9.17) is 29.2 Å². The van der Waals surface area contributed by atoms with E-state index in [0.717, 1.165) is 19.3 Å². The van der Waals surface area contributed by atoms with Gasteiger partial charge in [-0.2, -0.15) is 0 Å². The fourth-order valence-electron chi connectivity index (χ4n) is 1.45. The van der Waals surface area contributed by atoms with Gasteiger partial charge in [-0.05, 0) is 12.8 Å². The topological polar surface area (TPSA) is 94.5 Å². The number of esters is 1. The van der Waals surface area contributed by atoms with Crippen LogP contribution in [0, 0.1) is 0 Å². The summed E-state index contributed by atoms with van der Waals surface area (Å²) in [6.07, 6.45) is 2.69. The number of hydrogen-bond donors (Lipinski definition) is 2. The van der Waals surface area contributed by atoms with Gasteiger partial charge in [0.1, 0.15) is 6.61 Å². The molecule has 21 heavy (non-hydrogen) atoms. The highest BCUT2D eigenvalue weighted by atomic mass is 16.6. The highest BCUT2D eigenvalue weighted by Crippen LogP contribution is 2.00. The van der Waals surface area contributed by atoms with Gasteiger partial charge in [0.2, 0.25) is 0 Å². The number of carbonyl (C=O) groups excluding carboxylic acids is 1. The van der Waals surface area contributed by atoms with Crippen molar-refractivity contribution in [3.05, 3.63) is 0 Å². The van der Waals surface area contributed by atoms with Crippen molar-refractivity contribution in [1.82, 2.24) is 0 Å². The number of rotatable bonds is 16. The summed E-state index contributed by atoms with van der Waals surface area (Å²) in [5, 5.41) is 17.1. The Bertz CT molecular complexity index is 223. The van der Waals surface area contributed by atoms with Crippen molar-refractivity contribution in [3.8, 4) is 0 Å². The van der Waals surface area contributed by atoms with E-state index in [0.29, 0.717) is 46.1 Å². The molecule has 7 nitrogen and oxygen atoms in total. The van der Waals surface area contributed by atoms with E-state index in [-0.39, 0.29) is 25.8 Å². The molecule has 0 aliphatic carbocycles. The van der Waals surface area contributed by atoms with Crippen molar-refractivity contribution in [2.45, 2.75) is 25.7 Å². The average molecular weight is 308 g/mol. The molecule has 0 aliphatic heterocycles. The molecule has 0 heterocycles. The Kier molecular flexibility index (Phi) is 16.7. The van der Waals surface area contributed by atoms with Crippen LogP contribution in [0.3, 0.4) is 0 Å². The van der Waals surface area contributed by atoms with Crippen LogP contribution in [-0.2, 0) is 23.7 Å². The summed E-state index contributed by atoms with van der Waals surface area (Å²) in [6, 6.07) is 0. The second-order valence-corrected chi connectivity index (χ2v) is 4.32. The summed E-state index contributed by atoms with van der Waals surface area (Å²) in [7, 11) is 0. The summed E-state index contributed by atoms with van der Waals surface area (Å²) in [6.45, 7) is 2.92. The molecule has 2 N–H and O–H groups in total. The lowest BCUT2D eigenvalue weighted by Crippen LogP contribution is -2.14. The molecule has 0 saturated carbocycles. The van der Waals surface area contributed by atoms with Gasteiger partial charge in [0.25, 0.3) is 0 Å². The second-order valence-electron chi connectivity index (χ2n) is 4.32. The summed E-state index contributed by atoms with van der Waals surface area (Å²) in [5.74, 6) is -0.228. The molecule has 0 amide bonds. The van der Waals surface area contributed by atoms with Crippen LogP contribution < -0.4 is 0 Å². The van der Waals surface area contributed by atoms with Gasteiger partial charge >= 0.3 is 5.97 Å². The Morgan fingerprint density at radius 1 is 0.667 bits per heavy atom. The van der Waals surface area contributed by atoms with Crippen LogP contribution in [0.25, 0.3) is 0 Å². The standard InChI is InChI=1S/C14H28O7/c15-5-3-1-2-4-14(17)21-13-12-20-11-10-19-9-8-18-7-6-16/h15-16H,1-13H2. The van der Waals surface area contributed by atoms with Crippen LogP contribution in [0.15, 0.2) is 0 Å². The summed E-state index contributed by atoms with van der Waals surface area (Å²) < 4.78 is 20.5. The molecule has 0 atom stereocenters. The molecule has 0 aliphatic rings. The molecule has 7 heteroatoms. The summed E-state index contributed by atoms with van der Waals surface area (Å²) >= 11 is 0. The zero-order valence-electron chi connectivity index (χ0n) is 12.6. The Morgan fingerprint density at radius 3 is 1.81 bits per heavy atom. The van der Waals surface area contributed by atoms with Gasteiger partial charge < -0.3 is 29.2 Å². The first-order valence-electron chi connectivity index (χ1n) is 7.41. The molecule has 0 unspecified atom stereocenters. The Labute approximate surface area is 126 Å². The van der Waals surface area contributed by atoms with E-state index >= 15 is 0 Å². The predicted molar refractivity (Wildman–Crippen MR) is 76.1 cm³/mol. The van der Waals surface area contributed by atoms with E-state index in [9.17, 15) is 4.79 Å². The van der Waals surface area contributed by atoms with Crippen molar-refractivity contribution in [1.29, 1.82) is 0 Å². The molecule has 0 rings (SSSR count). The van der Waals surface area contributed by atoms with Crippen LogP contribution in [0.5, 0.6) is 0 Å². The first-order valence-corrected chi connectivity index (χ1v) is 7.41. The summed E-state index contributed by atoms with van der Waals surface area (Å²) in [5.41, 5.74) is 0. The lowest BCUT2D eigenvalue weighted by molar-refractivity contribution is -0.145. The van der Waals surface area contributed by atoms with E-state index in [1.807, 2.05) is 0 Å². The number of unbranched alkanes of at least 4 members (excludes halogenated alkanes) is 2. The Hall–Kier alpha value is -0.730. The predicted octanol–water partition coefficient (Wildman–Crippen LogP) is 0.124. The quantitative estimate of drug-likeness (QED) is 0.309. The highest BCUT2D eigenvalue weighted by molar-refractivity contribution is 5.69. The average Bonchev–Trinajstić information content (AvgIpc) is 2.49. The molecule has 0 fully saturated rings. The van der Waals surface area contributed by atoms with E-state index in [1.165, 1.54) is 0 Å². The molecule has 0 bridgehead atoms. The molecular weight excluding hydrogens is 280 g/mol. The SMILES string of the molecule is O=C(CCCCCO)OCCOCCOCCOCCO. The van der Waals surface area contributed by atoms with E-state index in [2.05, 4.69) is 0 Å². The minimum absolute atomic E-state index is 0.0171. The van der Waals surface area contributed by atoms with Gasteiger partial charge in [-0.1, -0.05) is 6.42 Å². The molecule has 0 radical (unpaired) electrons. The fraction of sp³-hybridized carbons (Fsp3) is 0.929. The monoisotopic (exact) mass is 308 g/mol. The van der Waals surface area contributed by atoms with Crippen molar-refractivity contribution < 1.29 is 34.0 Å². The zero-order valence-corrected chi connectivity index (χ0v) is 12.6. The smallest absolute Gasteiger partial charge is 0.305 e. The lowest BCUT2D eigenvalue weighted by atomic mass is 10.2. The van der Waals surface area contributed by atoms with Gasteiger partial charge in [-0.25, -0.2) is 0 Å². The third kappa shape index (κ3) is 17.2. The number of ether oxygens (including phenoxy) is 4. The third-order valence-electron chi connectivity index (χ3n) is 2.51.